The van der Waals surface area contributed by atoms with Crippen LogP contribution in [0, 0.1) is 0 Å². The summed E-state index contributed by atoms with van der Waals surface area (Å²) < 4.78 is 10.5. The number of azo groups is 2. The van der Waals surface area contributed by atoms with Gasteiger partial charge in [0.25, 0.3) is 0 Å². The van der Waals surface area contributed by atoms with E-state index in [4.69, 9.17) is 33.9 Å². The van der Waals surface area contributed by atoms with Gasteiger partial charge in [0, 0.05) is 67.4 Å². The summed E-state index contributed by atoms with van der Waals surface area (Å²) in [4.78, 5) is 4.17. The van der Waals surface area contributed by atoms with Gasteiger partial charge in [-0.3, -0.25) is 9.80 Å². The van der Waals surface area contributed by atoms with Crippen LogP contribution in [0.25, 0.3) is 0 Å². The Balaban J connectivity index is 0.000000280. The molecule has 0 spiro atoms. The topological polar surface area (TPSA) is 139 Å². The maximum Gasteiger partial charge on any atom is 0.217 e. The molecule has 0 aliphatic carbocycles. The molecule has 4 N–H and O–H groups in total. The molecular weight excluding hydrogens is 611 g/mol. The maximum absolute atomic E-state index is 9.79. The van der Waals surface area contributed by atoms with Crippen molar-refractivity contribution in [3.63, 3.8) is 0 Å². The van der Waals surface area contributed by atoms with E-state index in [1.165, 1.54) is 0 Å². The van der Waals surface area contributed by atoms with Crippen molar-refractivity contribution in [2.75, 3.05) is 76.3 Å². The van der Waals surface area contributed by atoms with Gasteiger partial charge >= 0.3 is 0 Å². The zero-order valence-corrected chi connectivity index (χ0v) is 25.2. The van der Waals surface area contributed by atoms with E-state index in [0.29, 0.717) is 39.5 Å². The second-order valence-corrected chi connectivity index (χ2v) is 9.58. The molecule has 2 fully saturated rings. The van der Waals surface area contributed by atoms with Crippen molar-refractivity contribution in [1.82, 2.24) is 9.80 Å². The van der Waals surface area contributed by atoms with Crippen LogP contribution >= 0.6 is 24.4 Å². The minimum Gasteiger partial charge on any atom is -0.379 e. The fraction of sp³-hybridized carbons (Fsp3) is 0.462. The van der Waals surface area contributed by atoms with Crippen molar-refractivity contribution >= 4 is 46.0 Å². The summed E-state index contributed by atoms with van der Waals surface area (Å²) in [5, 5.41) is 41.2. The van der Waals surface area contributed by atoms with Gasteiger partial charge in [-0.05, 0) is 48.7 Å². The number of ether oxygens (including phenoxy) is 2. The molecule has 2 unspecified atom stereocenters. The van der Waals surface area contributed by atoms with Gasteiger partial charge in [-0.25, -0.2) is 0 Å². The zero-order valence-electron chi connectivity index (χ0n) is 22.5. The number of hydrogen-bond donors (Lipinski definition) is 4. The number of para-hydroxylation sites is 2. The molecule has 2 atom stereocenters. The Labute approximate surface area is 261 Å². The van der Waals surface area contributed by atoms with E-state index in [1.54, 1.807) is 0 Å². The summed E-state index contributed by atoms with van der Waals surface area (Å²) in [5.41, 5.74) is 1.69. The molecule has 2 aliphatic rings. The van der Waals surface area contributed by atoms with Crippen molar-refractivity contribution in [2.24, 2.45) is 20.5 Å². The first-order chi connectivity index (χ1) is 19.5. The van der Waals surface area contributed by atoms with Crippen molar-refractivity contribution in [2.45, 2.75) is 12.5 Å². The average Bonchev–Trinajstić information content (AvgIpc) is 2.98. The molecule has 15 heteroatoms. The molecule has 2 aliphatic heterocycles. The first-order valence-electron chi connectivity index (χ1n) is 13.0. The van der Waals surface area contributed by atoms with E-state index in [9.17, 15) is 10.2 Å². The Bertz CT molecular complexity index is 990. The van der Waals surface area contributed by atoms with Gasteiger partial charge in [-0.2, -0.15) is 10.2 Å². The van der Waals surface area contributed by atoms with Crippen molar-refractivity contribution in [3.8, 4) is 0 Å². The molecular formula is C26H36CoN8O4S2. The number of hydrogen-bond acceptors (Lipinski definition) is 10. The molecule has 4 rings (SSSR count). The first-order valence-corrected chi connectivity index (χ1v) is 13.8. The van der Waals surface area contributed by atoms with E-state index >= 15 is 0 Å². The number of anilines is 2. The number of thiocarbonyl (C=S) groups is 2. The van der Waals surface area contributed by atoms with Crippen LogP contribution in [0.1, 0.15) is 0 Å². The van der Waals surface area contributed by atoms with Crippen molar-refractivity contribution < 1.29 is 36.5 Å². The Morgan fingerprint density at radius 3 is 1.37 bits per heavy atom. The first kappa shape index (κ1) is 34.9. The Kier molecular flexibility index (Phi) is 17.5. The number of nitrogens with one attached hydrogen (secondary N) is 2. The normalized spacial score (nSPS) is 17.6. The van der Waals surface area contributed by atoms with Crippen molar-refractivity contribution in [1.29, 1.82) is 0 Å². The SMILES string of the molecule is OC(CN1CCOCC1)/N=N\C(=S)Nc1ccccc1.OC(CN1CCOCC1)/N=N\C(=S)Nc1ccccc1.[Co]. The number of rotatable bonds is 8. The predicted molar refractivity (Wildman–Crippen MR) is 162 cm³/mol. The monoisotopic (exact) mass is 647 g/mol. The van der Waals surface area contributed by atoms with Gasteiger partial charge < -0.3 is 30.3 Å². The summed E-state index contributed by atoms with van der Waals surface area (Å²) in [6.07, 6.45) is -1.74. The van der Waals surface area contributed by atoms with Gasteiger partial charge in [-0.1, -0.05) is 36.4 Å². The summed E-state index contributed by atoms with van der Waals surface area (Å²) in [6.45, 7) is 6.88. The zero-order chi connectivity index (χ0) is 28.4. The molecule has 41 heavy (non-hydrogen) atoms. The van der Waals surface area contributed by atoms with Crippen LogP contribution in [-0.4, -0.2) is 108 Å². The summed E-state index contributed by atoms with van der Waals surface area (Å²) in [7, 11) is 0. The van der Waals surface area contributed by atoms with Crippen LogP contribution < -0.4 is 10.6 Å². The van der Waals surface area contributed by atoms with Gasteiger partial charge in [0.2, 0.25) is 10.2 Å². The third-order valence-electron chi connectivity index (χ3n) is 5.66. The second kappa shape index (κ2) is 20.5. The molecule has 2 heterocycles. The van der Waals surface area contributed by atoms with E-state index in [0.717, 1.165) is 37.6 Å². The van der Waals surface area contributed by atoms with E-state index in [-0.39, 0.29) is 27.0 Å². The maximum atomic E-state index is 9.79. The van der Waals surface area contributed by atoms with Crippen LogP contribution in [0.3, 0.4) is 0 Å². The van der Waals surface area contributed by atoms with Crippen LogP contribution in [0.4, 0.5) is 11.4 Å². The molecule has 225 valence electrons. The number of morpholine rings is 2. The Morgan fingerprint density at radius 2 is 1.02 bits per heavy atom. The average molecular weight is 648 g/mol. The van der Waals surface area contributed by atoms with Gasteiger partial charge in [-0.15, -0.1) is 10.2 Å². The minimum atomic E-state index is -0.872. The molecule has 1 radical (unpaired) electrons. The third-order valence-corrected chi connectivity index (χ3v) is 6.03. The quantitative estimate of drug-likeness (QED) is 0.250. The fourth-order valence-corrected chi connectivity index (χ4v) is 4.01. The minimum absolute atomic E-state index is 0. The molecule has 2 aromatic rings. The van der Waals surface area contributed by atoms with Crippen molar-refractivity contribution in [3.05, 3.63) is 60.7 Å². The number of aliphatic hydroxyl groups excluding tert-OH is 2. The van der Waals surface area contributed by atoms with Gasteiger partial charge in [0.1, 0.15) is 0 Å². The molecule has 0 aromatic heterocycles. The molecule has 2 saturated heterocycles. The number of nitrogens with zero attached hydrogens (tertiary/aromatic N) is 6. The molecule has 2 aromatic carbocycles. The Hall–Kier alpha value is -2.31. The number of β-amino-alcohol motifs (C(OH)–C–C–N with tert-alkyl or cyclic N) is 2. The van der Waals surface area contributed by atoms with E-state index in [1.807, 2.05) is 60.7 Å². The molecule has 12 nitrogen and oxygen atoms in total. The van der Waals surface area contributed by atoms with Gasteiger partial charge in [0.05, 0.1) is 26.4 Å². The molecule has 0 saturated carbocycles. The summed E-state index contributed by atoms with van der Waals surface area (Å²) in [5.74, 6) is 0. The van der Waals surface area contributed by atoms with Crippen LogP contribution in [0.2, 0.25) is 0 Å². The van der Waals surface area contributed by atoms with Crippen LogP contribution in [-0.2, 0) is 26.3 Å². The smallest absolute Gasteiger partial charge is 0.217 e. The number of aliphatic hydroxyl groups is 2. The summed E-state index contributed by atoms with van der Waals surface area (Å²) in [6, 6.07) is 19.0. The molecule has 0 amide bonds. The standard InChI is InChI=1S/2C13H18N4O2S.Co/c2*18-12(10-17-6-8-19-9-7-17)15-16-13(20)14-11-4-2-1-3-5-11;/h2*1-5,12,18H,6-10H2,(H,14,20);/b2*16-15-;. The Morgan fingerprint density at radius 1 is 0.683 bits per heavy atom. The third kappa shape index (κ3) is 15.5. The fourth-order valence-electron chi connectivity index (χ4n) is 3.68. The van der Waals surface area contributed by atoms with Gasteiger partial charge in [0.15, 0.2) is 12.5 Å². The van der Waals surface area contributed by atoms with E-state index in [2.05, 4.69) is 40.9 Å². The van der Waals surface area contributed by atoms with E-state index < -0.39 is 12.5 Å². The predicted octanol–water partition coefficient (Wildman–Crippen LogP) is 2.97. The number of benzene rings is 2. The largest absolute Gasteiger partial charge is 0.379 e. The van der Waals surface area contributed by atoms with Crippen LogP contribution in [0.5, 0.6) is 0 Å². The molecule has 0 bridgehead atoms. The van der Waals surface area contributed by atoms with Crippen LogP contribution in [0.15, 0.2) is 81.1 Å². The second-order valence-electron chi connectivity index (χ2n) is 8.81. The summed E-state index contributed by atoms with van der Waals surface area (Å²) >= 11 is 10.1.